The fraction of sp³-hybridized carbons (Fsp3) is 0.364. The molecule has 2 aromatic carbocycles. The van der Waals surface area contributed by atoms with Crippen molar-refractivity contribution in [2.45, 2.75) is 13.0 Å². The van der Waals surface area contributed by atoms with Gasteiger partial charge in [-0.15, -0.1) is 0 Å². The summed E-state index contributed by atoms with van der Waals surface area (Å²) in [5.41, 5.74) is 1.96. The molecule has 6 nitrogen and oxygen atoms in total. The molecule has 1 heterocycles. The lowest BCUT2D eigenvalue weighted by Gasteiger charge is -2.34. The van der Waals surface area contributed by atoms with Crippen LogP contribution in [0.15, 0.2) is 60.0 Å². The van der Waals surface area contributed by atoms with Crippen LogP contribution in [0.2, 0.25) is 0 Å². The summed E-state index contributed by atoms with van der Waals surface area (Å²) in [4.78, 5) is 2.07. The Morgan fingerprint density at radius 1 is 1.07 bits per heavy atom. The fourth-order valence-corrected chi connectivity index (χ4v) is 4.40. The zero-order chi connectivity index (χ0) is 20.7. The van der Waals surface area contributed by atoms with E-state index in [9.17, 15) is 13.5 Å². The molecule has 156 valence electrons. The smallest absolute Gasteiger partial charge is 0.236 e. The second kappa shape index (κ2) is 10.0. The topological polar surface area (TPSA) is 70.1 Å². The predicted octanol–water partition coefficient (Wildman–Crippen LogP) is 2.35. The van der Waals surface area contributed by atoms with E-state index < -0.39 is 16.1 Å². The van der Waals surface area contributed by atoms with E-state index in [0.29, 0.717) is 32.7 Å². The number of rotatable bonds is 8. The summed E-state index contributed by atoms with van der Waals surface area (Å²) in [6.07, 6.45) is 0.991. The molecule has 1 fully saturated rings. The first kappa shape index (κ1) is 21.5. The summed E-state index contributed by atoms with van der Waals surface area (Å²) in [6.45, 7) is 4.65. The minimum absolute atomic E-state index is 0.210. The molecule has 1 N–H and O–H groups in total. The predicted molar refractivity (Wildman–Crippen MR) is 115 cm³/mol. The number of ether oxygens (including phenoxy) is 1. The third-order valence-electron chi connectivity index (χ3n) is 4.82. The summed E-state index contributed by atoms with van der Waals surface area (Å²) < 4.78 is 32.2. The third kappa shape index (κ3) is 6.68. The monoisotopic (exact) mass is 416 g/mol. The average molecular weight is 417 g/mol. The minimum Gasteiger partial charge on any atom is -0.491 e. The van der Waals surface area contributed by atoms with E-state index >= 15 is 0 Å². The number of benzene rings is 2. The van der Waals surface area contributed by atoms with Crippen molar-refractivity contribution in [1.82, 2.24) is 9.21 Å². The van der Waals surface area contributed by atoms with E-state index in [1.54, 1.807) is 6.08 Å². The van der Waals surface area contributed by atoms with E-state index in [2.05, 4.69) is 4.90 Å². The molecule has 0 bridgehead atoms. The maximum Gasteiger partial charge on any atom is 0.236 e. The zero-order valence-corrected chi connectivity index (χ0v) is 17.5. The van der Waals surface area contributed by atoms with Gasteiger partial charge < -0.3 is 9.84 Å². The number of aliphatic hydroxyl groups excluding tert-OH is 1. The Kier molecular flexibility index (Phi) is 7.44. The first-order valence-electron chi connectivity index (χ1n) is 9.75. The number of sulfonamides is 1. The molecule has 0 unspecified atom stereocenters. The first-order valence-corrected chi connectivity index (χ1v) is 11.3. The number of β-amino-alcohol motifs (C(OH)–C–C–N with tert-alkyl or cyclic N) is 1. The molecule has 1 atom stereocenters. The number of hydrogen-bond acceptors (Lipinski definition) is 5. The van der Waals surface area contributed by atoms with Crippen molar-refractivity contribution in [2.75, 3.05) is 39.3 Å². The molecule has 0 radical (unpaired) electrons. The van der Waals surface area contributed by atoms with Gasteiger partial charge in [0, 0.05) is 38.1 Å². The normalized spacial score (nSPS) is 17.4. The summed E-state index contributed by atoms with van der Waals surface area (Å²) in [5.74, 6) is 0.741. The van der Waals surface area contributed by atoms with Crippen LogP contribution in [-0.4, -0.2) is 68.2 Å². The first-order chi connectivity index (χ1) is 13.9. The van der Waals surface area contributed by atoms with Crippen LogP contribution in [0.1, 0.15) is 11.1 Å². The number of piperazine rings is 1. The van der Waals surface area contributed by atoms with Gasteiger partial charge in [-0.1, -0.05) is 42.5 Å². The SMILES string of the molecule is Cc1cccc(OC[C@@H](O)CN2CCN(S(=O)(=O)/C=C/c3ccccc3)CC2)c1. The molecule has 1 saturated heterocycles. The summed E-state index contributed by atoms with van der Waals surface area (Å²) >= 11 is 0. The van der Waals surface area contributed by atoms with Crippen LogP contribution in [0.4, 0.5) is 0 Å². The van der Waals surface area contributed by atoms with Gasteiger partial charge in [0.05, 0.1) is 0 Å². The molecule has 0 spiro atoms. The van der Waals surface area contributed by atoms with Crippen LogP contribution in [0.5, 0.6) is 5.75 Å². The largest absolute Gasteiger partial charge is 0.491 e. The number of nitrogens with zero attached hydrogens (tertiary/aromatic N) is 2. The highest BCUT2D eigenvalue weighted by atomic mass is 32.2. The van der Waals surface area contributed by atoms with Gasteiger partial charge in [-0.2, -0.15) is 4.31 Å². The lowest BCUT2D eigenvalue weighted by Crippen LogP contribution is -2.50. The van der Waals surface area contributed by atoms with Gasteiger partial charge in [0.2, 0.25) is 10.0 Å². The summed E-state index contributed by atoms with van der Waals surface area (Å²) in [5, 5.41) is 11.5. The fourth-order valence-electron chi connectivity index (χ4n) is 3.23. The van der Waals surface area contributed by atoms with E-state index in [0.717, 1.165) is 16.9 Å². The number of hydrogen-bond donors (Lipinski definition) is 1. The van der Waals surface area contributed by atoms with Crippen molar-refractivity contribution in [2.24, 2.45) is 0 Å². The minimum atomic E-state index is -3.44. The van der Waals surface area contributed by atoms with Crippen molar-refractivity contribution in [1.29, 1.82) is 0 Å². The Morgan fingerprint density at radius 3 is 2.48 bits per heavy atom. The van der Waals surface area contributed by atoms with Crippen LogP contribution >= 0.6 is 0 Å². The molecule has 1 aliphatic heterocycles. The van der Waals surface area contributed by atoms with Crippen LogP contribution in [-0.2, 0) is 10.0 Å². The van der Waals surface area contributed by atoms with Crippen LogP contribution < -0.4 is 4.74 Å². The lowest BCUT2D eigenvalue weighted by molar-refractivity contribution is 0.0570. The van der Waals surface area contributed by atoms with E-state index in [-0.39, 0.29) is 6.61 Å². The Morgan fingerprint density at radius 2 is 1.79 bits per heavy atom. The maximum atomic E-state index is 12.5. The average Bonchev–Trinajstić information content (AvgIpc) is 2.72. The molecular weight excluding hydrogens is 388 g/mol. The third-order valence-corrected chi connectivity index (χ3v) is 6.39. The molecular formula is C22H28N2O4S. The lowest BCUT2D eigenvalue weighted by atomic mass is 10.2. The molecule has 29 heavy (non-hydrogen) atoms. The number of aliphatic hydroxyl groups is 1. The molecule has 0 saturated carbocycles. The molecule has 1 aliphatic rings. The Bertz CT molecular complexity index is 907. The van der Waals surface area contributed by atoms with Crippen LogP contribution in [0.25, 0.3) is 6.08 Å². The highest BCUT2D eigenvalue weighted by Crippen LogP contribution is 2.14. The van der Waals surface area contributed by atoms with Crippen molar-refractivity contribution in [3.8, 4) is 5.75 Å². The highest BCUT2D eigenvalue weighted by Gasteiger charge is 2.26. The summed E-state index contributed by atoms with van der Waals surface area (Å²) in [6, 6.07) is 17.1. The van der Waals surface area contributed by atoms with Gasteiger partial charge >= 0.3 is 0 Å². The van der Waals surface area contributed by atoms with E-state index in [1.165, 1.54) is 9.71 Å². The van der Waals surface area contributed by atoms with Gasteiger partial charge in [0.15, 0.2) is 0 Å². The van der Waals surface area contributed by atoms with Gasteiger partial charge in [0.1, 0.15) is 18.5 Å². The molecule has 0 aliphatic carbocycles. The van der Waals surface area contributed by atoms with E-state index in [1.807, 2.05) is 61.5 Å². The molecule has 0 aromatic heterocycles. The van der Waals surface area contributed by atoms with Crippen LogP contribution in [0, 0.1) is 6.92 Å². The molecule has 2 aromatic rings. The maximum absolute atomic E-state index is 12.5. The van der Waals surface area contributed by atoms with E-state index in [4.69, 9.17) is 4.74 Å². The molecule has 3 rings (SSSR count). The van der Waals surface area contributed by atoms with Gasteiger partial charge in [0.25, 0.3) is 0 Å². The molecule has 0 amide bonds. The Balaban J connectivity index is 1.44. The Hall–Kier alpha value is -2.19. The van der Waals surface area contributed by atoms with Gasteiger partial charge in [-0.05, 0) is 36.3 Å². The quantitative estimate of drug-likeness (QED) is 0.715. The molecule has 7 heteroatoms. The second-order valence-electron chi connectivity index (χ2n) is 7.24. The second-order valence-corrected chi connectivity index (χ2v) is 9.06. The Labute approximate surface area is 173 Å². The van der Waals surface area contributed by atoms with Crippen LogP contribution in [0.3, 0.4) is 0 Å². The van der Waals surface area contributed by atoms with Crippen molar-refractivity contribution < 1.29 is 18.3 Å². The zero-order valence-electron chi connectivity index (χ0n) is 16.6. The standard InChI is InChI=1S/C22H28N2O4S/c1-19-6-5-9-22(16-19)28-18-21(25)17-23-11-13-24(14-12-23)29(26,27)15-10-20-7-3-2-4-8-20/h2-10,15-16,21,25H,11-14,17-18H2,1H3/b15-10+/t21-/m0/s1. The van der Waals surface area contributed by atoms with Crippen molar-refractivity contribution in [3.63, 3.8) is 0 Å². The number of aryl methyl sites for hydroxylation is 1. The van der Waals surface area contributed by atoms with Gasteiger partial charge in [-0.25, -0.2) is 8.42 Å². The van der Waals surface area contributed by atoms with Crippen molar-refractivity contribution >= 4 is 16.1 Å². The highest BCUT2D eigenvalue weighted by molar-refractivity contribution is 7.92. The van der Waals surface area contributed by atoms with Crippen molar-refractivity contribution in [3.05, 3.63) is 71.1 Å². The van der Waals surface area contributed by atoms with Gasteiger partial charge in [-0.3, -0.25) is 4.90 Å². The summed E-state index contributed by atoms with van der Waals surface area (Å²) in [7, 11) is -3.44.